The normalized spacial score (nSPS) is 22.6. The fourth-order valence-corrected chi connectivity index (χ4v) is 6.46. The molecule has 1 unspecified atom stereocenters. The van der Waals surface area contributed by atoms with Crippen molar-refractivity contribution in [2.45, 2.75) is 18.6 Å². The molecule has 164 valence electrons. The molecule has 0 bridgehead atoms. The molecule has 4 rings (SSSR count). The Bertz CT molecular complexity index is 1220. The van der Waals surface area contributed by atoms with Crippen LogP contribution in [0.15, 0.2) is 39.7 Å². The number of hydrogen-bond donors (Lipinski definition) is 0. The van der Waals surface area contributed by atoms with Gasteiger partial charge >= 0.3 is 6.18 Å². The first kappa shape index (κ1) is 22.0. The summed E-state index contributed by atoms with van der Waals surface area (Å²) in [4.78, 5) is 14.2. The first-order valence-corrected chi connectivity index (χ1v) is 11.9. The van der Waals surface area contributed by atoms with E-state index in [1.807, 2.05) is 0 Å². The summed E-state index contributed by atoms with van der Waals surface area (Å²) in [5, 5.41) is 0. The summed E-state index contributed by atoms with van der Waals surface area (Å²) < 4.78 is 81.5. The number of carbonyl (C=O) groups excluding carboxylic acids is 1. The molecule has 3 heterocycles. The van der Waals surface area contributed by atoms with Crippen molar-refractivity contribution in [1.82, 2.24) is 4.90 Å². The summed E-state index contributed by atoms with van der Waals surface area (Å²) in [6.45, 7) is 0. The Kier molecular flexibility index (Phi) is 5.51. The fraction of sp³-hybridized carbons (Fsp3) is 0.263. The molecule has 5 nitrogen and oxygen atoms in total. The number of nitrogens with zero attached hydrogens (tertiary/aromatic N) is 1. The zero-order valence-corrected chi connectivity index (χ0v) is 17.9. The second-order valence-electron chi connectivity index (χ2n) is 7.00. The van der Waals surface area contributed by atoms with Crippen LogP contribution in [0, 0.1) is 5.82 Å². The van der Waals surface area contributed by atoms with E-state index in [4.69, 9.17) is 16.6 Å². The van der Waals surface area contributed by atoms with Gasteiger partial charge in [0, 0.05) is 11.6 Å². The lowest BCUT2D eigenvalue weighted by Crippen LogP contribution is -2.39. The number of furan rings is 1. The number of carbonyl (C=O) groups is 1. The van der Waals surface area contributed by atoms with Crippen molar-refractivity contribution in [3.05, 3.63) is 52.4 Å². The topological polar surface area (TPSA) is 67.6 Å². The van der Waals surface area contributed by atoms with Gasteiger partial charge in [-0.05, 0) is 36.8 Å². The first-order valence-electron chi connectivity index (χ1n) is 8.89. The summed E-state index contributed by atoms with van der Waals surface area (Å²) in [7, 11) is -3.21. The molecule has 0 aliphatic carbocycles. The van der Waals surface area contributed by atoms with Crippen molar-refractivity contribution in [3.63, 3.8) is 0 Å². The summed E-state index contributed by atoms with van der Waals surface area (Å²) in [6.07, 6.45) is -3.16. The van der Waals surface area contributed by atoms with Gasteiger partial charge in [-0.2, -0.15) is 13.2 Å². The highest BCUT2D eigenvalue weighted by atomic mass is 32.2. The molecule has 1 atom stereocenters. The van der Waals surface area contributed by atoms with Crippen molar-refractivity contribution in [2.24, 2.45) is 0 Å². The maximum Gasteiger partial charge on any atom is 0.419 e. The van der Waals surface area contributed by atoms with Crippen LogP contribution in [0.4, 0.5) is 17.6 Å². The van der Waals surface area contributed by atoms with Crippen LogP contribution in [0.2, 0.25) is 0 Å². The van der Waals surface area contributed by atoms with Gasteiger partial charge in [-0.15, -0.1) is 0 Å². The molecule has 0 saturated carbocycles. The smallest absolute Gasteiger partial charge is 0.419 e. The Morgan fingerprint density at radius 2 is 1.97 bits per heavy atom. The Balaban J connectivity index is 1.58. The minimum atomic E-state index is -4.85. The third-order valence-corrected chi connectivity index (χ3v) is 7.93. The minimum Gasteiger partial charge on any atom is -0.457 e. The zero-order chi connectivity index (χ0) is 22.6. The Labute approximate surface area is 184 Å². The maximum absolute atomic E-state index is 13.5. The Hall–Kier alpha value is -2.18. The summed E-state index contributed by atoms with van der Waals surface area (Å²) in [6, 6.07) is 4.87. The number of benzene rings is 1. The van der Waals surface area contributed by atoms with E-state index in [1.54, 1.807) is 0 Å². The predicted molar refractivity (Wildman–Crippen MR) is 111 cm³/mol. The fourth-order valence-electron chi connectivity index (χ4n) is 3.38. The SMILES string of the molecule is O=C1/C(=C\c2ccc(-c3ccc(F)c(C(F)(F)F)c3)o2)SC(=S)N1C1CCS(=O)(=O)C1. The number of hydrogen-bond acceptors (Lipinski definition) is 6. The molecule has 0 N–H and O–H groups in total. The van der Waals surface area contributed by atoms with Gasteiger partial charge in [0.25, 0.3) is 5.91 Å². The first-order chi connectivity index (χ1) is 14.4. The molecule has 0 radical (unpaired) electrons. The molecule has 12 heteroatoms. The van der Waals surface area contributed by atoms with Gasteiger partial charge in [0.05, 0.1) is 28.0 Å². The number of halogens is 4. The minimum absolute atomic E-state index is 0.00704. The van der Waals surface area contributed by atoms with E-state index in [-0.39, 0.29) is 37.8 Å². The summed E-state index contributed by atoms with van der Waals surface area (Å²) >= 11 is 6.22. The van der Waals surface area contributed by atoms with Crippen LogP contribution >= 0.6 is 24.0 Å². The van der Waals surface area contributed by atoms with Gasteiger partial charge in [-0.3, -0.25) is 9.69 Å². The van der Waals surface area contributed by atoms with Crippen LogP contribution < -0.4 is 0 Å². The zero-order valence-electron chi connectivity index (χ0n) is 15.5. The number of amides is 1. The quantitative estimate of drug-likeness (QED) is 0.358. The lowest BCUT2D eigenvalue weighted by atomic mass is 10.1. The van der Waals surface area contributed by atoms with E-state index >= 15 is 0 Å². The molecule has 2 aliphatic heterocycles. The average molecular weight is 492 g/mol. The van der Waals surface area contributed by atoms with Crippen LogP contribution in [-0.4, -0.2) is 41.1 Å². The van der Waals surface area contributed by atoms with Crippen LogP contribution in [0.5, 0.6) is 0 Å². The lowest BCUT2D eigenvalue weighted by molar-refractivity contribution is -0.140. The number of sulfone groups is 1. The van der Waals surface area contributed by atoms with Crippen LogP contribution in [0.3, 0.4) is 0 Å². The average Bonchev–Trinajstić information content (AvgIpc) is 3.33. The highest BCUT2D eigenvalue weighted by molar-refractivity contribution is 8.26. The van der Waals surface area contributed by atoms with E-state index in [0.29, 0.717) is 18.6 Å². The molecular weight excluding hydrogens is 478 g/mol. The van der Waals surface area contributed by atoms with E-state index in [9.17, 15) is 30.8 Å². The van der Waals surface area contributed by atoms with E-state index in [1.165, 1.54) is 23.1 Å². The van der Waals surface area contributed by atoms with Crippen molar-refractivity contribution in [1.29, 1.82) is 0 Å². The number of thioether (sulfide) groups is 1. The van der Waals surface area contributed by atoms with Gasteiger partial charge < -0.3 is 4.42 Å². The van der Waals surface area contributed by atoms with Gasteiger partial charge in [-0.1, -0.05) is 24.0 Å². The molecule has 2 fully saturated rings. The van der Waals surface area contributed by atoms with Crippen molar-refractivity contribution >= 4 is 50.1 Å². The molecule has 2 aliphatic rings. The van der Waals surface area contributed by atoms with E-state index < -0.39 is 39.3 Å². The van der Waals surface area contributed by atoms with Crippen LogP contribution in [-0.2, 0) is 20.8 Å². The molecule has 1 aromatic heterocycles. The molecule has 31 heavy (non-hydrogen) atoms. The monoisotopic (exact) mass is 491 g/mol. The molecular formula is C19H13F4NO4S3. The number of thiocarbonyl (C=S) groups is 1. The molecule has 0 spiro atoms. The van der Waals surface area contributed by atoms with Gasteiger partial charge in [0.1, 0.15) is 21.7 Å². The van der Waals surface area contributed by atoms with Crippen molar-refractivity contribution in [3.8, 4) is 11.3 Å². The van der Waals surface area contributed by atoms with Crippen LogP contribution in [0.1, 0.15) is 17.7 Å². The van der Waals surface area contributed by atoms with Crippen molar-refractivity contribution < 1.29 is 35.2 Å². The predicted octanol–water partition coefficient (Wildman–Crippen LogP) is 4.49. The second-order valence-corrected chi connectivity index (χ2v) is 10.9. The number of rotatable bonds is 3. The van der Waals surface area contributed by atoms with Gasteiger partial charge in [-0.25, -0.2) is 12.8 Å². The Morgan fingerprint density at radius 3 is 2.61 bits per heavy atom. The van der Waals surface area contributed by atoms with Crippen LogP contribution in [0.25, 0.3) is 17.4 Å². The molecule has 1 aromatic carbocycles. The van der Waals surface area contributed by atoms with Gasteiger partial charge in [0.15, 0.2) is 9.84 Å². The number of alkyl halides is 3. The largest absolute Gasteiger partial charge is 0.457 e. The van der Waals surface area contributed by atoms with Crippen molar-refractivity contribution in [2.75, 3.05) is 11.5 Å². The lowest BCUT2D eigenvalue weighted by Gasteiger charge is -2.20. The molecule has 2 aromatic rings. The van der Waals surface area contributed by atoms with E-state index in [0.717, 1.165) is 17.8 Å². The van der Waals surface area contributed by atoms with Gasteiger partial charge in [0.2, 0.25) is 0 Å². The standard InChI is InChI=1S/C19H13F4NO4S3/c20-14-3-1-10(7-13(14)19(21,22)23)15-4-2-12(28-15)8-16-17(25)24(18(29)30-16)11-5-6-31(26,27)9-11/h1-4,7-8,11H,5-6,9H2/b16-8+. The summed E-state index contributed by atoms with van der Waals surface area (Å²) in [5.41, 5.74) is -1.38. The molecule has 2 saturated heterocycles. The third-order valence-electron chi connectivity index (χ3n) is 4.85. The molecule has 1 amide bonds. The highest BCUT2D eigenvalue weighted by Gasteiger charge is 2.42. The summed E-state index contributed by atoms with van der Waals surface area (Å²) in [5.74, 6) is -1.74. The maximum atomic E-state index is 13.5. The van der Waals surface area contributed by atoms with E-state index in [2.05, 4.69) is 0 Å². The third kappa shape index (κ3) is 4.41. The second kappa shape index (κ2) is 7.75. The Morgan fingerprint density at radius 1 is 1.23 bits per heavy atom. The highest BCUT2D eigenvalue weighted by Crippen LogP contribution is 2.38.